The summed E-state index contributed by atoms with van der Waals surface area (Å²) in [5.41, 5.74) is 2.17. The van der Waals surface area contributed by atoms with Gasteiger partial charge < -0.3 is 18.9 Å². The fourth-order valence-corrected chi connectivity index (χ4v) is 4.37. The average Bonchev–Trinajstić information content (AvgIpc) is 3.37. The Morgan fingerprint density at radius 3 is 2.73 bits per heavy atom. The molecule has 1 aliphatic heterocycles. The lowest BCUT2D eigenvalue weighted by molar-refractivity contribution is 0.174. The highest BCUT2D eigenvalue weighted by atomic mass is 79.9. The number of benzene rings is 3. The van der Waals surface area contributed by atoms with E-state index in [9.17, 15) is 4.79 Å². The summed E-state index contributed by atoms with van der Waals surface area (Å²) >= 11 is 3.43. The van der Waals surface area contributed by atoms with Crippen molar-refractivity contribution in [3.8, 4) is 23.0 Å². The topological polar surface area (TPSA) is 84.2 Å². The molecule has 0 aliphatic carbocycles. The van der Waals surface area contributed by atoms with E-state index in [4.69, 9.17) is 18.9 Å². The van der Waals surface area contributed by atoms with Gasteiger partial charge in [0.15, 0.2) is 23.0 Å². The van der Waals surface area contributed by atoms with Crippen molar-refractivity contribution in [2.24, 2.45) is 5.10 Å². The Balaban J connectivity index is 1.41. The lowest BCUT2D eigenvalue weighted by Crippen LogP contribution is -2.22. The zero-order valence-corrected chi connectivity index (χ0v) is 22.2. The molecule has 0 saturated heterocycles. The van der Waals surface area contributed by atoms with Crippen molar-refractivity contribution in [1.29, 1.82) is 0 Å². The minimum absolute atomic E-state index is 0.209. The van der Waals surface area contributed by atoms with Crippen LogP contribution in [-0.4, -0.2) is 29.3 Å². The second kappa shape index (κ2) is 11.0. The van der Waals surface area contributed by atoms with Crippen LogP contribution < -0.4 is 24.5 Å². The molecule has 3 aromatic carbocycles. The second-order valence-electron chi connectivity index (χ2n) is 8.42. The van der Waals surface area contributed by atoms with E-state index in [1.54, 1.807) is 12.3 Å². The molecule has 5 rings (SSSR count). The van der Waals surface area contributed by atoms with Gasteiger partial charge in [0.25, 0.3) is 5.56 Å². The number of rotatable bonds is 9. The fourth-order valence-electron chi connectivity index (χ4n) is 4.01. The van der Waals surface area contributed by atoms with Crippen LogP contribution in [0.2, 0.25) is 0 Å². The Bertz CT molecular complexity index is 1530. The van der Waals surface area contributed by atoms with E-state index in [2.05, 4.69) is 26.0 Å². The number of nitrogens with zero attached hydrogens (tertiary/aromatic N) is 3. The molecule has 2 heterocycles. The predicted molar refractivity (Wildman–Crippen MR) is 145 cm³/mol. The second-order valence-corrected chi connectivity index (χ2v) is 9.33. The van der Waals surface area contributed by atoms with Crippen LogP contribution in [-0.2, 0) is 13.0 Å². The molecule has 0 atom stereocenters. The van der Waals surface area contributed by atoms with Gasteiger partial charge in [-0.25, -0.2) is 4.98 Å². The van der Waals surface area contributed by atoms with Gasteiger partial charge >= 0.3 is 0 Å². The number of aromatic nitrogens is 2. The SMILES string of the molecule is CCCc1nc2ccc(Br)cc2c(=O)n1N=Cc1ccc(OCc2ccc3c(c2)OCO3)c(OCC)c1. The summed E-state index contributed by atoms with van der Waals surface area (Å²) in [5.74, 6) is 3.27. The summed E-state index contributed by atoms with van der Waals surface area (Å²) in [6, 6.07) is 16.8. The summed E-state index contributed by atoms with van der Waals surface area (Å²) in [4.78, 5) is 17.9. The molecule has 0 N–H and O–H groups in total. The first-order valence-corrected chi connectivity index (χ1v) is 12.9. The largest absolute Gasteiger partial charge is 0.490 e. The monoisotopic (exact) mass is 563 g/mol. The van der Waals surface area contributed by atoms with Crippen LogP contribution in [0.4, 0.5) is 0 Å². The van der Waals surface area contributed by atoms with E-state index in [-0.39, 0.29) is 12.4 Å². The zero-order chi connectivity index (χ0) is 25.8. The molecule has 9 heteroatoms. The number of halogens is 1. The van der Waals surface area contributed by atoms with Crippen LogP contribution in [0, 0.1) is 0 Å². The first-order valence-electron chi connectivity index (χ1n) is 12.1. The average molecular weight is 564 g/mol. The number of fused-ring (bicyclic) bond motifs is 2. The quantitative estimate of drug-likeness (QED) is 0.243. The fraction of sp³-hybridized carbons (Fsp3) is 0.250. The van der Waals surface area contributed by atoms with E-state index >= 15 is 0 Å². The van der Waals surface area contributed by atoms with Crippen molar-refractivity contribution in [3.63, 3.8) is 0 Å². The molecule has 0 radical (unpaired) electrons. The Hall–Kier alpha value is -3.85. The van der Waals surface area contributed by atoms with Gasteiger partial charge in [0, 0.05) is 10.9 Å². The Morgan fingerprint density at radius 2 is 1.89 bits per heavy atom. The number of aryl methyl sites for hydroxylation is 1. The highest BCUT2D eigenvalue weighted by molar-refractivity contribution is 9.10. The molecule has 0 saturated carbocycles. The number of hydrogen-bond acceptors (Lipinski definition) is 7. The molecular formula is C28H26BrN3O5. The van der Waals surface area contributed by atoms with E-state index in [1.807, 2.05) is 62.4 Å². The molecular weight excluding hydrogens is 538 g/mol. The van der Waals surface area contributed by atoms with Crippen molar-refractivity contribution >= 4 is 33.0 Å². The van der Waals surface area contributed by atoms with Gasteiger partial charge in [-0.3, -0.25) is 4.79 Å². The van der Waals surface area contributed by atoms with Crippen molar-refractivity contribution in [2.45, 2.75) is 33.3 Å². The van der Waals surface area contributed by atoms with Gasteiger partial charge in [-0.15, -0.1) is 0 Å². The summed E-state index contributed by atoms with van der Waals surface area (Å²) < 4.78 is 24.9. The summed E-state index contributed by atoms with van der Waals surface area (Å²) in [5, 5.41) is 5.02. The lowest BCUT2D eigenvalue weighted by atomic mass is 10.2. The molecule has 8 nitrogen and oxygen atoms in total. The Kier molecular flexibility index (Phi) is 7.41. The molecule has 0 fully saturated rings. The third-order valence-electron chi connectivity index (χ3n) is 5.77. The Morgan fingerprint density at radius 1 is 1.03 bits per heavy atom. The smallest absolute Gasteiger partial charge is 0.282 e. The summed E-state index contributed by atoms with van der Waals surface area (Å²) in [6.07, 6.45) is 3.11. The minimum Gasteiger partial charge on any atom is -0.490 e. The molecule has 37 heavy (non-hydrogen) atoms. The van der Waals surface area contributed by atoms with E-state index < -0.39 is 0 Å². The van der Waals surface area contributed by atoms with Crippen LogP contribution >= 0.6 is 15.9 Å². The van der Waals surface area contributed by atoms with E-state index in [1.165, 1.54) is 4.68 Å². The highest BCUT2D eigenvalue weighted by Crippen LogP contribution is 2.34. The van der Waals surface area contributed by atoms with E-state index in [0.29, 0.717) is 53.6 Å². The third-order valence-corrected chi connectivity index (χ3v) is 6.26. The van der Waals surface area contributed by atoms with Crippen LogP contribution in [0.5, 0.6) is 23.0 Å². The first kappa shape index (κ1) is 24.8. The van der Waals surface area contributed by atoms with Crippen LogP contribution in [0.1, 0.15) is 37.2 Å². The van der Waals surface area contributed by atoms with Gasteiger partial charge in [0.05, 0.1) is 23.7 Å². The van der Waals surface area contributed by atoms with Gasteiger partial charge in [-0.05, 0) is 73.0 Å². The Labute approximate surface area is 222 Å². The van der Waals surface area contributed by atoms with Gasteiger partial charge in [-0.1, -0.05) is 28.9 Å². The predicted octanol–water partition coefficient (Wildman–Crippen LogP) is 5.70. The molecule has 1 aromatic heterocycles. The van der Waals surface area contributed by atoms with Crippen molar-refractivity contribution in [1.82, 2.24) is 9.66 Å². The molecule has 1 aliphatic rings. The first-order chi connectivity index (χ1) is 18.1. The third kappa shape index (κ3) is 5.46. The van der Waals surface area contributed by atoms with Crippen molar-refractivity contribution in [2.75, 3.05) is 13.4 Å². The van der Waals surface area contributed by atoms with Crippen LogP contribution in [0.15, 0.2) is 69.0 Å². The molecule has 4 aromatic rings. The van der Waals surface area contributed by atoms with E-state index in [0.717, 1.165) is 27.8 Å². The maximum atomic E-state index is 13.2. The molecule has 190 valence electrons. The molecule has 0 amide bonds. The maximum Gasteiger partial charge on any atom is 0.282 e. The maximum absolute atomic E-state index is 13.2. The summed E-state index contributed by atoms with van der Waals surface area (Å²) in [6.45, 7) is 5.01. The zero-order valence-electron chi connectivity index (χ0n) is 20.6. The number of ether oxygens (including phenoxy) is 4. The van der Waals surface area contributed by atoms with Crippen molar-refractivity contribution in [3.05, 3.63) is 86.4 Å². The summed E-state index contributed by atoms with van der Waals surface area (Å²) in [7, 11) is 0. The number of hydrogen-bond donors (Lipinski definition) is 0. The van der Waals surface area contributed by atoms with Gasteiger partial charge in [0.2, 0.25) is 6.79 Å². The van der Waals surface area contributed by atoms with Gasteiger partial charge in [-0.2, -0.15) is 9.78 Å². The minimum atomic E-state index is -0.209. The normalized spacial score (nSPS) is 12.4. The van der Waals surface area contributed by atoms with Gasteiger partial charge in [0.1, 0.15) is 12.4 Å². The standard InChI is InChI=1S/C28H26BrN3O5/c1-3-5-27-31-22-9-8-20(29)14-21(22)28(33)32(27)30-15-18-6-10-23(25(12-18)34-4-2)35-16-19-7-11-24-26(13-19)37-17-36-24/h6-15H,3-5,16-17H2,1-2H3. The molecule has 0 bridgehead atoms. The molecule has 0 spiro atoms. The van der Waals surface area contributed by atoms with Crippen molar-refractivity contribution < 1.29 is 18.9 Å². The molecule has 0 unspecified atom stereocenters. The highest BCUT2D eigenvalue weighted by Gasteiger charge is 2.14. The lowest BCUT2D eigenvalue weighted by Gasteiger charge is -2.13. The van der Waals surface area contributed by atoms with Crippen LogP contribution in [0.25, 0.3) is 10.9 Å². The van der Waals surface area contributed by atoms with Crippen LogP contribution in [0.3, 0.4) is 0 Å².